The van der Waals surface area contributed by atoms with Crippen molar-refractivity contribution in [3.63, 3.8) is 0 Å². The summed E-state index contributed by atoms with van der Waals surface area (Å²) >= 11 is 0. The molecule has 1 N–H and O–H groups in total. The van der Waals surface area contributed by atoms with E-state index in [4.69, 9.17) is 0 Å². The Bertz CT molecular complexity index is 244. The summed E-state index contributed by atoms with van der Waals surface area (Å²) in [5.74, 6) is 0. The molecule has 114 valence electrons. The molecule has 1 fully saturated rings. The van der Waals surface area contributed by atoms with E-state index in [9.17, 15) is 0 Å². The fourth-order valence-electron chi connectivity index (χ4n) is 3.09. The first-order valence-electron chi connectivity index (χ1n) is 8.10. The highest BCUT2D eigenvalue weighted by Crippen LogP contribution is 2.24. The Hall–Kier alpha value is -0.120. The van der Waals surface area contributed by atoms with Crippen LogP contribution in [0, 0.1) is 5.41 Å². The quantitative estimate of drug-likeness (QED) is 0.683. The summed E-state index contributed by atoms with van der Waals surface area (Å²) in [6, 6.07) is 0.746. The molecule has 0 spiro atoms. The van der Waals surface area contributed by atoms with Gasteiger partial charge in [-0.3, -0.25) is 0 Å². The Labute approximate surface area is 120 Å². The van der Waals surface area contributed by atoms with Gasteiger partial charge in [0.2, 0.25) is 0 Å². The molecule has 0 aromatic heterocycles. The first-order valence-corrected chi connectivity index (χ1v) is 8.10. The summed E-state index contributed by atoms with van der Waals surface area (Å²) in [5, 5.41) is 3.61. The van der Waals surface area contributed by atoms with E-state index < -0.39 is 0 Å². The van der Waals surface area contributed by atoms with Crippen LogP contribution in [0.4, 0.5) is 0 Å². The highest BCUT2D eigenvalue weighted by molar-refractivity contribution is 4.84. The topological polar surface area (TPSA) is 18.5 Å². The second-order valence-corrected chi connectivity index (χ2v) is 6.81. The maximum atomic E-state index is 3.61. The van der Waals surface area contributed by atoms with E-state index >= 15 is 0 Å². The summed E-state index contributed by atoms with van der Waals surface area (Å²) in [4.78, 5) is 5.08. The van der Waals surface area contributed by atoms with Gasteiger partial charge < -0.3 is 15.1 Å². The standard InChI is InChI=1S/C16H35N3/c1-6-10-17-13-16(3,7-2)14-19(5)15-9-8-11-18(4)12-15/h15,17H,6-14H2,1-5H3. The van der Waals surface area contributed by atoms with Gasteiger partial charge in [-0.2, -0.15) is 0 Å². The summed E-state index contributed by atoms with van der Waals surface area (Å²) in [5.41, 5.74) is 0.403. The number of nitrogens with one attached hydrogen (secondary N) is 1. The minimum atomic E-state index is 0.403. The SMILES string of the molecule is CCCNCC(C)(CC)CN(C)C1CCCN(C)C1. The Kier molecular flexibility index (Phi) is 7.33. The van der Waals surface area contributed by atoms with E-state index in [2.05, 4.69) is 50.0 Å². The molecule has 0 aliphatic carbocycles. The molecule has 1 aliphatic rings. The normalized spacial score (nSPS) is 24.6. The first-order chi connectivity index (χ1) is 9.00. The van der Waals surface area contributed by atoms with Crippen LogP contribution in [0.3, 0.4) is 0 Å². The Morgan fingerprint density at radius 2 is 2.11 bits per heavy atom. The Morgan fingerprint density at radius 1 is 1.37 bits per heavy atom. The van der Waals surface area contributed by atoms with E-state index in [0.717, 1.165) is 19.1 Å². The fraction of sp³-hybridized carbons (Fsp3) is 1.00. The van der Waals surface area contributed by atoms with Crippen LogP contribution in [0.15, 0.2) is 0 Å². The highest BCUT2D eigenvalue weighted by atomic mass is 15.2. The fourth-order valence-corrected chi connectivity index (χ4v) is 3.09. The van der Waals surface area contributed by atoms with E-state index in [0.29, 0.717) is 5.41 Å². The highest BCUT2D eigenvalue weighted by Gasteiger charge is 2.28. The van der Waals surface area contributed by atoms with Crippen LogP contribution < -0.4 is 5.32 Å². The zero-order valence-electron chi connectivity index (χ0n) is 13.8. The zero-order valence-corrected chi connectivity index (χ0v) is 13.8. The molecule has 0 radical (unpaired) electrons. The minimum absolute atomic E-state index is 0.403. The Morgan fingerprint density at radius 3 is 2.68 bits per heavy atom. The number of hydrogen-bond donors (Lipinski definition) is 1. The molecule has 1 heterocycles. The van der Waals surface area contributed by atoms with Gasteiger partial charge in [0, 0.05) is 25.7 Å². The van der Waals surface area contributed by atoms with Gasteiger partial charge in [0.25, 0.3) is 0 Å². The third-order valence-corrected chi connectivity index (χ3v) is 4.69. The molecule has 0 bridgehead atoms. The molecule has 1 rings (SSSR count). The minimum Gasteiger partial charge on any atom is -0.316 e. The molecule has 0 aromatic carbocycles. The molecule has 2 atom stereocenters. The van der Waals surface area contributed by atoms with E-state index in [1.165, 1.54) is 45.3 Å². The molecule has 0 aromatic rings. The van der Waals surface area contributed by atoms with Crippen LogP contribution in [-0.2, 0) is 0 Å². The molecule has 1 saturated heterocycles. The lowest BCUT2D eigenvalue weighted by atomic mass is 9.86. The van der Waals surface area contributed by atoms with Gasteiger partial charge >= 0.3 is 0 Å². The van der Waals surface area contributed by atoms with Gasteiger partial charge in [-0.25, -0.2) is 0 Å². The molecular weight excluding hydrogens is 234 g/mol. The van der Waals surface area contributed by atoms with Crippen molar-refractivity contribution in [3.8, 4) is 0 Å². The predicted molar refractivity (Wildman–Crippen MR) is 84.7 cm³/mol. The van der Waals surface area contributed by atoms with Crippen LogP contribution in [-0.4, -0.2) is 62.7 Å². The van der Waals surface area contributed by atoms with Crippen molar-refractivity contribution in [2.24, 2.45) is 5.41 Å². The molecule has 1 aliphatic heterocycles. The van der Waals surface area contributed by atoms with Crippen molar-refractivity contribution in [1.82, 2.24) is 15.1 Å². The lowest BCUT2D eigenvalue weighted by Gasteiger charge is -2.40. The van der Waals surface area contributed by atoms with Crippen LogP contribution in [0.5, 0.6) is 0 Å². The van der Waals surface area contributed by atoms with E-state index in [-0.39, 0.29) is 0 Å². The van der Waals surface area contributed by atoms with Gasteiger partial charge in [-0.05, 0) is 58.3 Å². The lowest BCUT2D eigenvalue weighted by Crippen LogP contribution is -2.49. The lowest BCUT2D eigenvalue weighted by molar-refractivity contribution is 0.0904. The molecule has 3 nitrogen and oxygen atoms in total. The van der Waals surface area contributed by atoms with Crippen molar-refractivity contribution >= 4 is 0 Å². The van der Waals surface area contributed by atoms with Crippen molar-refractivity contribution in [3.05, 3.63) is 0 Å². The van der Waals surface area contributed by atoms with Crippen LogP contribution in [0.2, 0.25) is 0 Å². The van der Waals surface area contributed by atoms with Crippen molar-refractivity contribution in [2.45, 2.75) is 52.5 Å². The second-order valence-electron chi connectivity index (χ2n) is 6.81. The third-order valence-electron chi connectivity index (χ3n) is 4.69. The second kappa shape index (κ2) is 8.23. The van der Waals surface area contributed by atoms with Crippen molar-refractivity contribution in [2.75, 3.05) is 46.8 Å². The molecule has 0 saturated carbocycles. The first kappa shape index (κ1) is 16.9. The number of piperidine rings is 1. The van der Waals surface area contributed by atoms with Crippen molar-refractivity contribution < 1.29 is 0 Å². The summed E-state index contributed by atoms with van der Waals surface area (Å²) in [7, 11) is 4.57. The molecule has 0 amide bonds. The smallest absolute Gasteiger partial charge is 0.0220 e. The summed E-state index contributed by atoms with van der Waals surface area (Å²) in [6.45, 7) is 13.0. The van der Waals surface area contributed by atoms with Crippen LogP contribution >= 0.6 is 0 Å². The molecule has 3 heteroatoms. The average molecular weight is 269 g/mol. The van der Waals surface area contributed by atoms with E-state index in [1.54, 1.807) is 0 Å². The number of likely N-dealkylation sites (N-methyl/N-ethyl adjacent to an activating group) is 2. The predicted octanol–water partition coefficient (Wildman–Crippen LogP) is 2.43. The molecule has 2 unspecified atom stereocenters. The van der Waals surface area contributed by atoms with Gasteiger partial charge in [0.15, 0.2) is 0 Å². The summed E-state index contributed by atoms with van der Waals surface area (Å²) in [6.07, 6.45) is 5.19. The third kappa shape index (κ3) is 5.80. The summed E-state index contributed by atoms with van der Waals surface area (Å²) < 4.78 is 0. The van der Waals surface area contributed by atoms with Gasteiger partial charge in [0.05, 0.1) is 0 Å². The number of likely N-dealkylation sites (tertiary alicyclic amines) is 1. The van der Waals surface area contributed by atoms with Crippen LogP contribution in [0.25, 0.3) is 0 Å². The maximum Gasteiger partial charge on any atom is 0.0220 e. The number of rotatable bonds is 8. The van der Waals surface area contributed by atoms with Gasteiger partial charge in [0.1, 0.15) is 0 Å². The van der Waals surface area contributed by atoms with Gasteiger partial charge in [-0.1, -0.05) is 20.8 Å². The maximum absolute atomic E-state index is 3.61. The largest absolute Gasteiger partial charge is 0.316 e. The van der Waals surface area contributed by atoms with Crippen LogP contribution in [0.1, 0.15) is 46.5 Å². The molecule has 19 heavy (non-hydrogen) atoms. The average Bonchev–Trinajstić information content (AvgIpc) is 2.39. The monoisotopic (exact) mass is 269 g/mol. The Balaban J connectivity index is 2.44. The van der Waals surface area contributed by atoms with Crippen molar-refractivity contribution in [1.29, 1.82) is 0 Å². The number of nitrogens with zero attached hydrogens (tertiary/aromatic N) is 2. The molecular formula is C16H35N3. The zero-order chi connectivity index (χ0) is 14.3. The van der Waals surface area contributed by atoms with E-state index in [1.807, 2.05) is 0 Å². The van der Waals surface area contributed by atoms with Gasteiger partial charge in [-0.15, -0.1) is 0 Å². The number of hydrogen-bond acceptors (Lipinski definition) is 3.